The first-order valence-corrected chi connectivity index (χ1v) is 4.59. The lowest BCUT2D eigenvalue weighted by atomic mass is 10.2. The Hall–Kier alpha value is -2.20. The van der Waals surface area contributed by atoms with Gasteiger partial charge in [0.2, 0.25) is 0 Å². The average molecular weight is 221 g/mol. The molecule has 0 fully saturated rings. The quantitative estimate of drug-likeness (QED) is 0.568. The van der Waals surface area contributed by atoms with Gasteiger partial charge < -0.3 is 11.1 Å². The summed E-state index contributed by atoms with van der Waals surface area (Å²) in [5.74, 6) is 0.311. The number of rotatable bonds is 4. The van der Waals surface area contributed by atoms with Crippen LogP contribution in [0.25, 0.3) is 0 Å². The van der Waals surface area contributed by atoms with Gasteiger partial charge in [0.1, 0.15) is 23.6 Å². The summed E-state index contributed by atoms with van der Waals surface area (Å²) in [5.41, 5.74) is 5.34. The summed E-state index contributed by atoms with van der Waals surface area (Å²) in [6.07, 6.45) is 1.10. The van der Waals surface area contributed by atoms with Crippen LogP contribution in [0.1, 0.15) is 12.5 Å². The maximum atomic E-state index is 10.5. The molecular formula is C9H11N5O2. The molecule has 0 radical (unpaired) electrons. The zero-order valence-corrected chi connectivity index (χ0v) is 8.67. The highest BCUT2D eigenvalue weighted by molar-refractivity contribution is 5.55. The first-order valence-electron chi connectivity index (χ1n) is 4.59. The van der Waals surface area contributed by atoms with Crippen molar-refractivity contribution in [1.82, 2.24) is 4.98 Å². The van der Waals surface area contributed by atoms with Gasteiger partial charge in [-0.3, -0.25) is 10.1 Å². The third kappa shape index (κ3) is 2.65. The normalized spacial score (nSPS) is 11.6. The Bertz CT molecular complexity index is 440. The van der Waals surface area contributed by atoms with Crippen molar-refractivity contribution < 1.29 is 4.92 Å². The number of nitriles is 1. The molecule has 0 aliphatic carbocycles. The van der Waals surface area contributed by atoms with Crippen LogP contribution >= 0.6 is 0 Å². The van der Waals surface area contributed by atoms with Crippen LogP contribution in [0.15, 0.2) is 12.3 Å². The zero-order valence-electron chi connectivity index (χ0n) is 8.67. The van der Waals surface area contributed by atoms with E-state index < -0.39 is 4.92 Å². The van der Waals surface area contributed by atoms with Crippen LogP contribution in [0.3, 0.4) is 0 Å². The Labute approximate surface area is 92.0 Å². The number of hydrogen-bond donors (Lipinski definition) is 2. The second kappa shape index (κ2) is 5.04. The fourth-order valence-electron chi connectivity index (χ4n) is 1.05. The highest BCUT2D eigenvalue weighted by Gasteiger charge is 2.12. The van der Waals surface area contributed by atoms with E-state index in [4.69, 9.17) is 11.0 Å². The number of pyridine rings is 1. The third-order valence-corrected chi connectivity index (χ3v) is 1.94. The molecule has 84 valence electrons. The highest BCUT2D eigenvalue weighted by Crippen LogP contribution is 2.18. The molecule has 0 aliphatic heterocycles. The lowest BCUT2D eigenvalue weighted by Gasteiger charge is -2.12. The summed E-state index contributed by atoms with van der Waals surface area (Å²) in [6.45, 7) is 2.20. The monoisotopic (exact) mass is 221 g/mol. The summed E-state index contributed by atoms with van der Waals surface area (Å²) in [5, 5.41) is 22.2. The summed E-state index contributed by atoms with van der Waals surface area (Å²) in [4.78, 5) is 13.7. The van der Waals surface area contributed by atoms with Crippen LogP contribution in [0.4, 0.5) is 11.5 Å². The minimum absolute atomic E-state index is 0.0546. The predicted octanol–water partition coefficient (Wildman–Crippen LogP) is 0.621. The van der Waals surface area contributed by atoms with Crippen molar-refractivity contribution in [3.05, 3.63) is 27.9 Å². The second-order valence-electron chi connectivity index (χ2n) is 3.24. The minimum Gasteiger partial charge on any atom is -0.365 e. The van der Waals surface area contributed by atoms with Gasteiger partial charge in [-0.2, -0.15) is 5.26 Å². The molecule has 1 heterocycles. The Morgan fingerprint density at radius 1 is 1.81 bits per heavy atom. The number of hydrogen-bond acceptors (Lipinski definition) is 6. The molecule has 1 atom stereocenters. The van der Waals surface area contributed by atoms with Gasteiger partial charge in [0.25, 0.3) is 5.69 Å². The van der Waals surface area contributed by atoms with E-state index in [1.54, 1.807) is 0 Å². The first-order chi connectivity index (χ1) is 7.58. The molecule has 0 spiro atoms. The standard InChI is InChI=1S/C9H11N5O2/c1-6(3-10)13-9-7(4-11)2-8(5-12-9)14(15)16/h2,5-6H,3,10H2,1H3,(H,12,13). The molecule has 0 saturated heterocycles. The van der Waals surface area contributed by atoms with E-state index in [0.29, 0.717) is 12.4 Å². The fourth-order valence-corrected chi connectivity index (χ4v) is 1.05. The minimum atomic E-state index is -0.593. The fraction of sp³-hybridized carbons (Fsp3) is 0.333. The molecule has 0 bridgehead atoms. The summed E-state index contributed by atoms with van der Waals surface area (Å²) >= 11 is 0. The Morgan fingerprint density at radius 2 is 2.50 bits per heavy atom. The SMILES string of the molecule is CC(CN)Nc1ncc([N+](=O)[O-])cc1C#N. The van der Waals surface area contributed by atoms with Crippen LogP contribution in [0.2, 0.25) is 0 Å². The molecule has 1 aromatic heterocycles. The zero-order chi connectivity index (χ0) is 12.1. The number of aromatic nitrogens is 1. The molecule has 16 heavy (non-hydrogen) atoms. The molecule has 1 rings (SSSR count). The molecular weight excluding hydrogens is 210 g/mol. The molecule has 7 heteroatoms. The van der Waals surface area contributed by atoms with Crippen molar-refractivity contribution in [2.45, 2.75) is 13.0 Å². The van der Waals surface area contributed by atoms with E-state index in [-0.39, 0.29) is 17.3 Å². The summed E-state index contributed by atoms with van der Waals surface area (Å²) in [7, 11) is 0. The lowest BCUT2D eigenvalue weighted by Crippen LogP contribution is -2.26. The molecule has 0 amide bonds. The van der Waals surface area contributed by atoms with Crippen LogP contribution in [0, 0.1) is 21.4 Å². The Balaban J connectivity index is 3.03. The van der Waals surface area contributed by atoms with Gasteiger partial charge >= 0.3 is 0 Å². The third-order valence-electron chi connectivity index (χ3n) is 1.94. The van der Waals surface area contributed by atoms with Crippen LogP contribution < -0.4 is 11.1 Å². The second-order valence-corrected chi connectivity index (χ2v) is 3.24. The topological polar surface area (TPSA) is 118 Å². The number of nitrogens with one attached hydrogen (secondary N) is 1. The van der Waals surface area contributed by atoms with Crippen molar-refractivity contribution in [2.24, 2.45) is 5.73 Å². The molecule has 0 aliphatic rings. The Morgan fingerprint density at radius 3 is 3.00 bits per heavy atom. The Kier molecular flexibility index (Phi) is 3.74. The largest absolute Gasteiger partial charge is 0.365 e. The lowest BCUT2D eigenvalue weighted by molar-refractivity contribution is -0.385. The van der Waals surface area contributed by atoms with Crippen molar-refractivity contribution in [2.75, 3.05) is 11.9 Å². The predicted molar refractivity (Wildman–Crippen MR) is 57.7 cm³/mol. The summed E-state index contributed by atoms with van der Waals surface area (Å²) in [6, 6.07) is 2.97. The van der Waals surface area contributed by atoms with Crippen molar-refractivity contribution in [3.63, 3.8) is 0 Å². The van der Waals surface area contributed by atoms with E-state index in [1.807, 2.05) is 13.0 Å². The van der Waals surface area contributed by atoms with E-state index in [9.17, 15) is 10.1 Å². The number of nitro groups is 1. The maximum Gasteiger partial charge on any atom is 0.289 e. The smallest absolute Gasteiger partial charge is 0.289 e. The first kappa shape index (κ1) is 11.9. The highest BCUT2D eigenvalue weighted by atomic mass is 16.6. The van der Waals surface area contributed by atoms with Gasteiger partial charge in [-0.25, -0.2) is 4.98 Å². The van der Waals surface area contributed by atoms with E-state index in [2.05, 4.69) is 10.3 Å². The molecule has 3 N–H and O–H groups in total. The van der Waals surface area contributed by atoms with Gasteiger partial charge in [0, 0.05) is 18.7 Å². The van der Waals surface area contributed by atoms with Gasteiger partial charge in [0.05, 0.1) is 4.92 Å². The van der Waals surface area contributed by atoms with Crippen molar-refractivity contribution in [3.8, 4) is 6.07 Å². The molecule has 1 aromatic rings. The molecule has 7 nitrogen and oxygen atoms in total. The van der Waals surface area contributed by atoms with E-state index in [0.717, 1.165) is 6.20 Å². The van der Waals surface area contributed by atoms with Gasteiger partial charge in [-0.1, -0.05) is 0 Å². The molecule has 0 saturated carbocycles. The maximum absolute atomic E-state index is 10.5. The van der Waals surface area contributed by atoms with E-state index in [1.165, 1.54) is 6.07 Å². The number of nitrogens with zero attached hydrogens (tertiary/aromatic N) is 3. The van der Waals surface area contributed by atoms with Crippen molar-refractivity contribution >= 4 is 11.5 Å². The number of anilines is 1. The van der Waals surface area contributed by atoms with Gasteiger partial charge in [-0.05, 0) is 6.92 Å². The van der Waals surface area contributed by atoms with Crippen LogP contribution in [-0.2, 0) is 0 Å². The van der Waals surface area contributed by atoms with Crippen LogP contribution in [0.5, 0.6) is 0 Å². The van der Waals surface area contributed by atoms with Crippen LogP contribution in [-0.4, -0.2) is 22.5 Å². The van der Waals surface area contributed by atoms with Crippen molar-refractivity contribution in [1.29, 1.82) is 5.26 Å². The summed E-state index contributed by atoms with van der Waals surface area (Å²) < 4.78 is 0. The average Bonchev–Trinajstić information content (AvgIpc) is 2.29. The number of nitrogens with two attached hydrogens (primary N) is 1. The van der Waals surface area contributed by atoms with Gasteiger partial charge in [-0.15, -0.1) is 0 Å². The molecule has 1 unspecified atom stereocenters. The van der Waals surface area contributed by atoms with Gasteiger partial charge in [0.15, 0.2) is 0 Å². The van der Waals surface area contributed by atoms with E-state index >= 15 is 0 Å². The molecule has 0 aromatic carbocycles.